The van der Waals surface area contributed by atoms with Gasteiger partial charge >= 0.3 is 5.97 Å². The van der Waals surface area contributed by atoms with Crippen LogP contribution in [0.4, 0.5) is 0 Å². The van der Waals surface area contributed by atoms with Crippen LogP contribution in [0.1, 0.15) is 348 Å². The first-order chi connectivity index (χ1) is 33.5. The Kier molecular flexibility index (Phi) is 57.0. The van der Waals surface area contributed by atoms with Crippen molar-refractivity contribution in [3.05, 3.63) is 12.2 Å². The largest absolute Gasteiger partial charge is 0.466 e. The maximum atomic E-state index is 12.5. The van der Waals surface area contributed by atoms with Crippen molar-refractivity contribution in [3.8, 4) is 0 Å². The van der Waals surface area contributed by atoms with Crippen LogP contribution in [0.15, 0.2) is 12.2 Å². The van der Waals surface area contributed by atoms with E-state index in [1.54, 1.807) is 0 Å². The number of allylic oxidation sites excluding steroid dienone is 2. The smallest absolute Gasteiger partial charge is 0.305 e. The molecule has 0 aromatic rings. The molecule has 2 atom stereocenters. The zero-order valence-corrected chi connectivity index (χ0v) is 46.1. The van der Waals surface area contributed by atoms with Gasteiger partial charge in [0.15, 0.2) is 0 Å². The minimum Gasteiger partial charge on any atom is -0.466 e. The van der Waals surface area contributed by atoms with Crippen molar-refractivity contribution in [2.45, 2.75) is 360 Å². The second-order valence-electron chi connectivity index (χ2n) is 21.4. The number of amides is 1. The molecular formula is C62H121NO5. The van der Waals surface area contributed by atoms with E-state index in [0.29, 0.717) is 25.9 Å². The van der Waals surface area contributed by atoms with E-state index in [2.05, 4.69) is 31.3 Å². The molecule has 2 unspecified atom stereocenters. The fourth-order valence-electron chi connectivity index (χ4n) is 9.81. The van der Waals surface area contributed by atoms with Crippen molar-refractivity contribution >= 4 is 11.9 Å². The quantitative estimate of drug-likeness (QED) is 0.0321. The number of rotatable bonds is 58. The third kappa shape index (κ3) is 53.9. The van der Waals surface area contributed by atoms with Crippen molar-refractivity contribution in [3.63, 3.8) is 0 Å². The highest BCUT2D eigenvalue weighted by Gasteiger charge is 2.20. The van der Waals surface area contributed by atoms with Crippen LogP contribution in [-0.4, -0.2) is 47.4 Å². The van der Waals surface area contributed by atoms with Gasteiger partial charge in [-0.2, -0.15) is 0 Å². The van der Waals surface area contributed by atoms with Crippen molar-refractivity contribution < 1.29 is 24.5 Å². The van der Waals surface area contributed by atoms with Gasteiger partial charge in [-0.25, -0.2) is 0 Å². The minimum atomic E-state index is -0.669. The zero-order valence-electron chi connectivity index (χ0n) is 46.1. The van der Waals surface area contributed by atoms with Crippen molar-refractivity contribution in [2.75, 3.05) is 13.2 Å². The Labute approximate surface area is 425 Å². The molecule has 0 fully saturated rings. The third-order valence-electron chi connectivity index (χ3n) is 14.6. The van der Waals surface area contributed by atoms with Crippen LogP contribution >= 0.6 is 0 Å². The third-order valence-corrected chi connectivity index (χ3v) is 14.6. The minimum absolute atomic E-state index is 0.00926. The summed E-state index contributed by atoms with van der Waals surface area (Å²) >= 11 is 0. The molecule has 1 amide bonds. The van der Waals surface area contributed by atoms with E-state index in [0.717, 1.165) is 38.5 Å². The van der Waals surface area contributed by atoms with Gasteiger partial charge in [0.05, 0.1) is 25.4 Å². The predicted molar refractivity (Wildman–Crippen MR) is 297 cm³/mol. The molecule has 0 saturated heterocycles. The van der Waals surface area contributed by atoms with Crippen LogP contribution in [0.2, 0.25) is 0 Å². The number of hydrogen-bond acceptors (Lipinski definition) is 5. The lowest BCUT2D eigenvalue weighted by Crippen LogP contribution is -2.45. The van der Waals surface area contributed by atoms with E-state index in [9.17, 15) is 19.8 Å². The summed E-state index contributed by atoms with van der Waals surface area (Å²) in [6.45, 7) is 4.97. The van der Waals surface area contributed by atoms with E-state index in [-0.39, 0.29) is 18.5 Å². The van der Waals surface area contributed by atoms with Crippen molar-refractivity contribution in [1.29, 1.82) is 0 Å². The van der Waals surface area contributed by atoms with Gasteiger partial charge in [0, 0.05) is 12.8 Å². The predicted octanol–water partition coefficient (Wildman–Crippen LogP) is 19.2. The van der Waals surface area contributed by atoms with E-state index in [4.69, 9.17) is 4.74 Å². The summed E-state index contributed by atoms with van der Waals surface area (Å²) in [5.41, 5.74) is 0. The van der Waals surface area contributed by atoms with Gasteiger partial charge in [-0.3, -0.25) is 9.59 Å². The molecule has 0 bridgehead atoms. The van der Waals surface area contributed by atoms with Gasteiger partial charge in [-0.05, 0) is 51.4 Å². The van der Waals surface area contributed by atoms with Crippen LogP contribution in [0.25, 0.3) is 0 Å². The standard InChI is InChI=1S/C62H121NO5/c1-3-5-7-9-11-13-15-17-19-24-27-30-34-38-42-46-50-54-60(65)59(58-64)63-61(66)55-51-47-43-39-35-31-28-25-22-20-21-23-26-29-33-37-41-45-49-53-57-68-62(67)56-52-48-44-40-36-32-18-16-14-12-10-8-6-4-2/h20,22,59-60,64-65H,3-19,21,23-58H2,1-2H3,(H,63,66)/b22-20-. The molecule has 6 nitrogen and oxygen atoms in total. The fraction of sp³-hybridized carbons (Fsp3) is 0.935. The van der Waals surface area contributed by atoms with Gasteiger partial charge < -0.3 is 20.3 Å². The summed E-state index contributed by atoms with van der Waals surface area (Å²) in [7, 11) is 0. The Balaban J connectivity index is 3.42. The number of aliphatic hydroxyl groups excluding tert-OH is 2. The number of carbonyl (C=O) groups excluding carboxylic acids is 2. The molecule has 0 aliphatic carbocycles. The Morgan fingerprint density at radius 3 is 1.04 bits per heavy atom. The maximum absolute atomic E-state index is 12.5. The summed E-state index contributed by atoms with van der Waals surface area (Å²) in [5.74, 6) is -0.0313. The second kappa shape index (κ2) is 58.2. The first kappa shape index (κ1) is 66.6. The average Bonchev–Trinajstić information content (AvgIpc) is 3.34. The molecule has 6 heteroatoms. The van der Waals surface area contributed by atoms with Gasteiger partial charge in [-0.1, -0.05) is 296 Å². The average molecular weight is 961 g/mol. The molecule has 0 heterocycles. The highest BCUT2D eigenvalue weighted by atomic mass is 16.5. The summed E-state index contributed by atoms with van der Waals surface area (Å²) in [6.07, 6.45) is 69.3. The number of carbonyl (C=O) groups is 2. The van der Waals surface area contributed by atoms with Crippen LogP contribution in [-0.2, 0) is 14.3 Å². The first-order valence-electron chi connectivity index (χ1n) is 30.9. The zero-order chi connectivity index (χ0) is 49.3. The molecule has 0 rings (SSSR count). The monoisotopic (exact) mass is 960 g/mol. The second-order valence-corrected chi connectivity index (χ2v) is 21.4. The van der Waals surface area contributed by atoms with E-state index < -0.39 is 12.1 Å². The molecule has 0 aromatic heterocycles. The molecule has 0 aliphatic rings. The molecule has 0 saturated carbocycles. The molecule has 0 spiro atoms. The van der Waals surface area contributed by atoms with Gasteiger partial charge in [-0.15, -0.1) is 0 Å². The number of esters is 1. The lowest BCUT2D eigenvalue weighted by atomic mass is 10.0. The Bertz CT molecular complexity index is 1020. The lowest BCUT2D eigenvalue weighted by Gasteiger charge is -2.22. The van der Waals surface area contributed by atoms with Gasteiger partial charge in [0.2, 0.25) is 5.91 Å². The highest BCUT2D eigenvalue weighted by Crippen LogP contribution is 2.18. The molecule has 404 valence electrons. The molecule has 3 N–H and O–H groups in total. The SMILES string of the molecule is CCCCCCCCCCCCCCCCCCCC(O)C(CO)NC(=O)CCCCCCCCC/C=C\CCCCCCCCCCCOC(=O)CCCCCCCCCCCCCCCC. The molecule has 0 aromatic carbocycles. The van der Waals surface area contributed by atoms with Crippen LogP contribution in [0.3, 0.4) is 0 Å². The lowest BCUT2D eigenvalue weighted by molar-refractivity contribution is -0.143. The number of aliphatic hydroxyl groups is 2. The maximum Gasteiger partial charge on any atom is 0.305 e. The molecule has 0 radical (unpaired) electrons. The van der Waals surface area contributed by atoms with Gasteiger partial charge in [0.25, 0.3) is 0 Å². The first-order valence-corrected chi connectivity index (χ1v) is 30.9. The number of nitrogens with one attached hydrogen (secondary N) is 1. The van der Waals surface area contributed by atoms with Crippen LogP contribution in [0.5, 0.6) is 0 Å². The summed E-state index contributed by atoms with van der Waals surface area (Å²) < 4.78 is 5.48. The van der Waals surface area contributed by atoms with E-state index in [1.165, 1.54) is 276 Å². The summed E-state index contributed by atoms with van der Waals surface area (Å²) in [5, 5.41) is 23.3. The van der Waals surface area contributed by atoms with E-state index in [1.807, 2.05) is 0 Å². The molecule has 68 heavy (non-hydrogen) atoms. The fourth-order valence-corrected chi connectivity index (χ4v) is 9.81. The summed E-state index contributed by atoms with van der Waals surface area (Å²) in [4.78, 5) is 24.5. The topological polar surface area (TPSA) is 95.9 Å². The van der Waals surface area contributed by atoms with Crippen molar-refractivity contribution in [2.24, 2.45) is 0 Å². The Morgan fingerprint density at radius 1 is 0.397 bits per heavy atom. The van der Waals surface area contributed by atoms with Gasteiger partial charge in [0.1, 0.15) is 0 Å². The Hall–Kier alpha value is -1.40. The number of ether oxygens (including phenoxy) is 1. The van der Waals surface area contributed by atoms with Crippen molar-refractivity contribution in [1.82, 2.24) is 5.32 Å². The van der Waals surface area contributed by atoms with Crippen LogP contribution in [0, 0.1) is 0 Å². The highest BCUT2D eigenvalue weighted by molar-refractivity contribution is 5.76. The summed E-state index contributed by atoms with van der Waals surface area (Å²) in [6, 6.07) is -0.547. The molecule has 0 aliphatic heterocycles. The normalized spacial score (nSPS) is 12.6. The number of unbranched alkanes of at least 4 members (excludes halogenated alkanes) is 45. The van der Waals surface area contributed by atoms with E-state index >= 15 is 0 Å². The molecular weight excluding hydrogens is 839 g/mol. The van der Waals surface area contributed by atoms with Crippen LogP contribution < -0.4 is 5.32 Å². The Morgan fingerprint density at radius 2 is 0.691 bits per heavy atom. The number of hydrogen-bond donors (Lipinski definition) is 3.